The Kier molecular flexibility index (Phi) is 4.34. The Morgan fingerprint density at radius 1 is 1.32 bits per heavy atom. The maximum atomic E-state index is 12.0. The Labute approximate surface area is 125 Å². The molecule has 2 aromatic rings. The molecule has 0 atom stereocenters. The fourth-order valence-corrected chi connectivity index (χ4v) is 2.88. The first-order chi connectivity index (χ1) is 8.97. The zero-order chi connectivity index (χ0) is 14.0. The summed E-state index contributed by atoms with van der Waals surface area (Å²) in [6.45, 7) is 2.51. The molecule has 0 aliphatic carbocycles. The van der Waals surface area contributed by atoms with Gasteiger partial charge in [0.05, 0.1) is 22.3 Å². The topological polar surface area (TPSA) is 55.1 Å². The van der Waals surface area contributed by atoms with Gasteiger partial charge in [-0.2, -0.15) is 0 Å². The number of rotatable bonds is 3. The van der Waals surface area contributed by atoms with Gasteiger partial charge in [0.25, 0.3) is 5.91 Å². The molecule has 6 heteroatoms. The number of carbonyl (C=O) groups is 1. The molecule has 0 saturated carbocycles. The highest BCUT2D eigenvalue weighted by atomic mass is 35.5. The number of anilines is 1. The number of hydrogen-bond acceptors (Lipinski definition) is 3. The summed E-state index contributed by atoms with van der Waals surface area (Å²) in [7, 11) is 0. The van der Waals surface area contributed by atoms with Gasteiger partial charge < -0.3 is 11.1 Å². The van der Waals surface area contributed by atoms with E-state index in [1.807, 2.05) is 19.1 Å². The van der Waals surface area contributed by atoms with Crippen LogP contribution in [0.5, 0.6) is 0 Å². The van der Waals surface area contributed by atoms with E-state index >= 15 is 0 Å². The predicted molar refractivity (Wildman–Crippen MR) is 81.1 cm³/mol. The van der Waals surface area contributed by atoms with Crippen molar-refractivity contribution >= 4 is 46.1 Å². The van der Waals surface area contributed by atoms with Gasteiger partial charge in [0, 0.05) is 15.3 Å². The van der Waals surface area contributed by atoms with Crippen LogP contribution >= 0.6 is 34.5 Å². The molecule has 3 N–H and O–H groups in total. The second-order valence-corrected chi connectivity index (χ2v) is 6.24. The number of nitrogens with two attached hydrogens (primary N) is 1. The van der Waals surface area contributed by atoms with E-state index in [0.29, 0.717) is 12.1 Å². The van der Waals surface area contributed by atoms with Gasteiger partial charge in [0.1, 0.15) is 0 Å². The number of halogens is 2. The summed E-state index contributed by atoms with van der Waals surface area (Å²) in [5, 5.41) is 3.38. The first-order valence-electron chi connectivity index (χ1n) is 5.55. The highest BCUT2D eigenvalue weighted by molar-refractivity contribution is 7.11. The minimum Gasteiger partial charge on any atom is -0.396 e. The van der Waals surface area contributed by atoms with E-state index in [2.05, 4.69) is 5.32 Å². The lowest BCUT2D eigenvalue weighted by molar-refractivity contribution is 0.0951. The molecule has 0 fully saturated rings. The van der Waals surface area contributed by atoms with Crippen molar-refractivity contribution in [2.24, 2.45) is 0 Å². The van der Waals surface area contributed by atoms with E-state index in [-0.39, 0.29) is 21.6 Å². The fraction of sp³-hybridized carbons (Fsp3) is 0.154. The van der Waals surface area contributed by atoms with Gasteiger partial charge in [-0.05, 0) is 31.2 Å². The molecule has 0 aliphatic rings. The van der Waals surface area contributed by atoms with Crippen molar-refractivity contribution in [1.82, 2.24) is 5.32 Å². The summed E-state index contributed by atoms with van der Waals surface area (Å²) in [4.78, 5) is 14.3. The van der Waals surface area contributed by atoms with Crippen LogP contribution in [0.4, 0.5) is 5.69 Å². The molecule has 0 spiro atoms. The number of nitrogen functional groups attached to an aromatic ring is 1. The molecule has 1 aromatic heterocycles. The average molecular weight is 315 g/mol. The number of carbonyl (C=O) groups excluding carboxylic acids is 1. The van der Waals surface area contributed by atoms with Crippen LogP contribution in [0, 0.1) is 6.92 Å². The molecule has 0 bridgehead atoms. The van der Waals surface area contributed by atoms with Crippen LogP contribution in [0.1, 0.15) is 20.1 Å². The number of thiophene rings is 1. The van der Waals surface area contributed by atoms with E-state index in [4.69, 9.17) is 28.9 Å². The zero-order valence-corrected chi connectivity index (χ0v) is 12.5. The van der Waals surface area contributed by atoms with Crippen molar-refractivity contribution in [3.8, 4) is 0 Å². The molecule has 0 saturated heterocycles. The largest absolute Gasteiger partial charge is 0.396 e. The molecular formula is C13H12Cl2N2OS. The zero-order valence-electron chi connectivity index (χ0n) is 10.2. The van der Waals surface area contributed by atoms with Crippen LogP contribution < -0.4 is 11.1 Å². The summed E-state index contributed by atoms with van der Waals surface area (Å²) >= 11 is 13.4. The minimum absolute atomic E-state index is 0.227. The van der Waals surface area contributed by atoms with Crippen molar-refractivity contribution in [2.75, 3.05) is 5.73 Å². The summed E-state index contributed by atoms with van der Waals surface area (Å²) < 4.78 is 0. The van der Waals surface area contributed by atoms with Gasteiger partial charge in [-0.25, -0.2) is 0 Å². The van der Waals surface area contributed by atoms with E-state index in [1.54, 1.807) is 11.3 Å². The smallest absolute Gasteiger partial charge is 0.251 e. The third kappa shape index (κ3) is 3.41. The van der Waals surface area contributed by atoms with Gasteiger partial charge in [-0.1, -0.05) is 23.2 Å². The number of nitrogens with one attached hydrogen (secondary N) is 1. The summed E-state index contributed by atoms with van der Waals surface area (Å²) in [5.74, 6) is -0.227. The predicted octanol–water partition coefficient (Wildman–Crippen LogP) is 3.88. The fourth-order valence-electron chi connectivity index (χ4n) is 1.56. The van der Waals surface area contributed by atoms with E-state index in [0.717, 1.165) is 4.88 Å². The van der Waals surface area contributed by atoms with Crippen molar-refractivity contribution in [3.63, 3.8) is 0 Å². The molecule has 1 amide bonds. The number of amides is 1. The van der Waals surface area contributed by atoms with Crippen LogP contribution in [0.25, 0.3) is 0 Å². The lowest BCUT2D eigenvalue weighted by Crippen LogP contribution is -2.22. The van der Waals surface area contributed by atoms with Gasteiger partial charge >= 0.3 is 0 Å². The van der Waals surface area contributed by atoms with Crippen molar-refractivity contribution < 1.29 is 4.79 Å². The third-order valence-corrected chi connectivity index (χ3v) is 4.19. The summed E-state index contributed by atoms with van der Waals surface area (Å²) in [6.07, 6.45) is 0. The molecular weight excluding hydrogens is 303 g/mol. The molecule has 1 aromatic carbocycles. The van der Waals surface area contributed by atoms with Crippen molar-refractivity contribution in [3.05, 3.63) is 49.6 Å². The van der Waals surface area contributed by atoms with Crippen LogP contribution in [-0.2, 0) is 6.54 Å². The van der Waals surface area contributed by atoms with Crippen LogP contribution in [0.3, 0.4) is 0 Å². The lowest BCUT2D eigenvalue weighted by atomic mass is 10.2. The first-order valence-corrected chi connectivity index (χ1v) is 7.12. The minimum atomic E-state index is -0.227. The Bertz CT molecular complexity index is 602. The maximum Gasteiger partial charge on any atom is 0.251 e. The van der Waals surface area contributed by atoms with Gasteiger partial charge in [0.15, 0.2) is 0 Å². The van der Waals surface area contributed by atoms with Crippen molar-refractivity contribution in [2.45, 2.75) is 13.5 Å². The maximum absolute atomic E-state index is 12.0. The molecule has 100 valence electrons. The van der Waals surface area contributed by atoms with Crippen LogP contribution in [-0.4, -0.2) is 5.91 Å². The molecule has 3 nitrogen and oxygen atoms in total. The highest BCUT2D eigenvalue weighted by Crippen LogP contribution is 2.28. The number of hydrogen-bond donors (Lipinski definition) is 2. The van der Waals surface area contributed by atoms with E-state index in [9.17, 15) is 4.79 Å². The monoisotopic (exact) mass is 314 g/mol. The van der Waals surface area contributed by atoms with E-state index in [1.165, 1.54) is 17.0 Å². The molecule has 0 radical (unpaired) electrons. The molecule has 19 heavy (non-hydrogen) atoms. The van der Waals surface area contributed by atoms with Gasteiger partial charge in [0.2, 0.25) is 0 Å². The quantitative estimate of drug-likeness (QED) is 0.845. The molecule has 0 aliphatic heterocycles. The van der Waals surface area contributed by atoms with Crippen LogP contribution in [0.15, 0.2) is 24.3 Å². The number of aryl methyl sites for hydroxylation is 1. The van der Waals surface area contributed by atoms with Crippen LogP contribution in [0.2, 0.25) is 10.0 Å². The third-order valence-electron chi connectivity index (χ3n) is 2.56. The summed E-state index contributed by atoms with van der Waals surface area (Å²) in [5.41, 5.74) is 6.31. The highest BCUT2D eigenvalue weighted by Gasteiger charge is 2.11. The lowest BCUT2D eigenvalue weighted by Gasteiger charge is -2.07. The molecule has 2 rings (SSSR count). The van der Waals surface area contributed by atoms with Gasteiger partial charge in [-0.3, -0.25) is 4.79 Å². The van der Waals surface area contributed by atoms with Crippen molar-refractivity contribution in [1.29, 1.82) is 0 Å². The Balaban J connectivity index is 2.08. The Hall–Kier alpha value is -1.23. The average Bonchev–Trinajstić information content (AvgIpc) is 2.78. The normalized spacial score (nSPS) is 10.5. The Morgan fingerprint density at radius 2 is 1.95 bits per heavy atom. The molecule has 1 heterocycles. The first kappa shape index (κ1) is 14.2. The Morgan fingerprint density at radius 3 is 2.47 bits per heavy atom. The number of benzene rings is 1. The van der Waals surface area contributed by atoms with Gasteiger partial charge in [-0.15, -0.1) is 11.3 Å². The SMILES string of the molecule is Cc1ccc(CNC(=O)c2cc(Cl)c(N)c(Cl)c2)s1. The van der Waals surface area contributed by atoms with E-state index < -0.39 is 0 Å². The second kappa shape index (κ2) is 5.82. The molecule has 0 unspecified atom stereocenters. The summed E-state index contributed by atoms with van der Waals surface area (Å²) in [6, 6.07) is 7.03. The standard InChI is InChI=1S/C13H12Cl2N2OS/c1-7-2-3-9(19-7)6-17-13(18)8-4-10(14)12(16)11(15)5-8/h2-5H,6,16H2,1H3,(H,17,18). The second-order valence-electron chi connectivity index (χ2n) is 4.05.